The molecule has 0 saturated carbocycles. The minimum atomic E-state index is -0.945. The van der Waals surface area contributed by atoms with Crippen molar-refractivity contribution in [2.75, 3.05) is 19.6 Å². The van der Waals surface area contributed by atoms with Crippen molar-refractivity contribution in [1.29, 1.82) is 0 Å². The topological polar surface area (TPSA) is 49.4 Å². The van der Waals surface area contributed by atoms with Gasteiger partial charge in [0, 0.05) is 19.6 Å². The first-order valence-electron chi connectivity index (χ1n) is 7.07. The summed E-state index contributed by atoms with van der Waals surface area (Å²) < 4.78 is 0. The SMILES string of the molecule is CCCNC(=O)C(C)(C)C(=O)N1CCCCCC1. The maximum atomic E-state index is 12.4. The van der Waals surface area contributed by atoms with Crippen molar-refractivity contribution in [3.05, 3.63) is 0 Å². The number of rotatable bonds is 4. The smallest absolute Gasteiger partial charge is 0.237 e. The van der Waals surface area contributed by atoms with Crippen LogP contribution in [-0.4, -0.2) is 36.3 Å². The highest BCUT2D eigenvalue weighted by Gasteiger charge is 2.38. The van der Waals surface area contributed by atoms with E-state index < -0.39 is 5.41 Å². The Hall–Kier alpha value is -1.06. The van der Waals surface area contributed by atoms with Gasteiger partial charge in [0.2, 0.25) is 11.8 Å². The third kappa shape index (κ3) is 3.72. The van der Waals surface area contributed by atoms with Crippen molar-refractivity contribution in [2.24, 2.45) is 5.41 Å². The Kier molecular flexibility index (Phi) is 5.63. The molecule has 2 amide bonds. The quantitative estimate of drug-likeness (QED) is 0.779. The molecule has 1 aliphatic rings. The van der Waals surface area contributed by atoms with E-state index in [1.165, 1.54) is 12.8 Å². The van der Waals surface area contributed by atoms with Crippen molar-refractivity contribution in [3.8, 4) is 0 Å². The molecular weight excluding hydrogens is 228 g/mol. The minimum Gasteiger partial charge on any atom is -0.355 e. The summed E-state index contributed by atoms with van der Waals surface area (Å²) >= 11 is 0. The van der Waals surface area contributed by atoms with Gasteiger partial charge in [0.25, 0.3) is 0 Å². The maximum Gasteiger partial charge on any atom is 0.237 e. The lowest BCUT2D eigenvalue weighted by Gasteiger charge is -2.30. The molecule has 0 aliphatic carbocycles. The highest BCUT2D eigenvalue weighted by atomic mass is 16.2. The van der Waals surface area contributed by atoms with Crippen LogP contribution in [-0.2, 0) is 9.59 Å². The van der Waals surface area contributed by atoms with Gasteiger partial charge >= 0.3 is 0 Å². The average Bonchev–Trinajstić information content (AvgIpc) is 2.63. The van der Waals surface area contributed by atoms with Gasteiger partial charge in [0.15, 0.2) is 0 Å². The van der Waals surface area contributed by atoms with E-state index in [1.54, 1.807) is 13.8 Å². The van der Waals surface area contributed by atoms with Crippen LogP contribution in [0.15, 0.2) is 0 Å². The molecule has 0 spiro atoms. The average molecular weight is 254 g/mol. The highest BCUT2D eigenvalue weighted by molar-refractivity contribution is 6.04. The van der Waals surface area contributed by atoms with E-state index >= 15 is 0 Å². The fraction of sp³-hybridized carbons (Fsp3) is 0.857. The Morgan fingerprint density at radius 3 is 2.17 bits per heavy atom. The number of likely N-dealkylation sites (tertiary alicyclic amines) is 1. The lowest BCUT2D eigenvalue weighted by molar-refractivity contribution is -0.148. The zero-order valence-electron chi connectivity index (χ0n) is 11.9. The second-order valence-corrected chi connectivity index (χ2v) is 5.59. The molecule has 1 rings (SSSR count). The molecular formula is C14H26N2O2. The van der Waals surface area contributed by atoms with E-state index in [-0.39, 0.29) is 11.8 Å². The molecule has 1 fully saturated rings. The van der Waals surface area contributed by atoms with E-state index in [1.807, 2.05) is 11.8 Å². The maximum absolute atomic E-state index is 12.4. The second kappa shape index (κ2) is 6.76. The van der Waals surface area contributed by atoms with E-state index in [0.29, 0.717) is 6.54 Å². The predicted molar refractivity (Wildman–Crippen MR) is 72.1 cm³/mol. The van der Waals surface area contributed by atoms with Gasteiger partial charge in [-0.15, -0.1) is 0 Å². The van der Waals surface area contributed by atoms with Crippen LogP contribution in [0.1, 0.15) is 52.9 Å². The molecule has 104 valence electrons. The van der Waals surface area contributed by atoms with Crippen LogP contribution in [0, 0.1) is 5.41 Å². The first kappa shape index (κ1) is 15.0. The standard InChI is InChI=1S/C14H26N2O2/c1-4-9-15-12(17)14(2,3)13(18)16-10-7-5-6-8-11-16/h4-11H2,1-3H3,(H,15,17). The molecule has 0 aromatic heterocycles. The van der Waals surface area contributed by atoms with E-state index in [4.69, 9.17) is 0 Å². The van der Waals surface area contributed by atoms with Crippen LogP contribution >= 0.6 is 0 Å². The van der Waals surface area contributed by atoms with Gasteiger partial charge in [0.1, 0.15) is 5.41 Å². The lowest BCUT2D eigenvalue weighted by Crippen LogP contribution is -2.49. The van der Waals surface area contributed by atoms with Gasteiger partial charge in [-0.3, -0.25) is 9.59 Å². The van der Waals surface area contributed by atoms with Crippen LogP contribution in [0.5, 0.6) is 0 Å². The zero-order chi connectivity index (χ0) is 13.6. The van der Waals surface area contributed by atoms with E-state index in [9.17, 15) is 9.59 Å². The van der Waals surface area contributed by atoms with Gasteiger partial charge in [-0.05, 0) is 33.1 Å². The molecule has 4 heteroatoms. The molecule has 1 aliphatic heterocycles. The summed E-state index contributed by atoms with van der Waals surface area (Å²) in [6.45, 7) is 7.68. The molecule has 0 bridgehead atoms. The van der Waals surface area contributed by atoms with Gasteiger partial charge in [-0.25, -0.2) is 0 Å². The molecule has 0 unspecified atom stereocenters. The summed E-state index contributed by atoms with van der Waals surface area (Å²) in [7, 11) is 0. The third-order valence-electron chi connectivity index (χ3n) is 3.53. The molecule has 18 heavy (non-hydrogen) atoms. The molecule has 0 aromatic rings. The van der Waals surface area contributed by atoms with Crippen molar-refractivity contribution in [1.82, 2.24) is 10.2 Å². The van der Waals surface area contributed by atoms with Crippen molar-refractivity contribution < 1.29 is 9.59 Å². The molecule has 0 atom stereocenters. The summed E-state index contributed by atoms with van der Waals surface area (Å²) in [5, 5.41) is 2.82. The van der Waals surface area contributed by atoms with E-state index in [2.05, 4.69) is 5.32 Å². The molecule has 1 saturated heterocycles. The summed E-state index contributed by atoms with van der Waals surface area (Å²) in [6.07, 6.45) is 5.37. The van der Waals surface area contributed by atoms with Crippen molar-refractivity contribution in [3.63, 3.8) is 0 Å². The molecule has 4 nitrogen and oxygen atoms in total. The fourth-order valence-corrected chi connectivity index (χ4v) is 2.23. The third-order valence-corrected chi connectivity index (χ3v) is 3.53. The number of carbonyl (C=O) groups excluding carboxylic acids is 2. The van der Waals surface area contributed by atoms with Crippen LogP contribution in [0.2, 0.25) is 0 Å². The number of carbonyl (C=O) groups is 2. The minimum absolute atomic E-state index is 0.0296. The van der Waals surface area contributed by atoms with E-state index in [0.717, 1.165) is 32.4 Å². The molecule has 0 radical (unpaired) electrons. The molecule has 1 N–H and O–H groups in total. The summed E-state index contributed by atoms with van der Waals surface area (Å²) in [5.41, 5.74) is -0.945. The van der Waals surface area contributed by atoms with Crippen molar-refractivity contribution >= 4 is 11.8 Å². The zero-order valence-corrected chi connectivity index (χ0v) is 11.9. The summed E-state index contributed by atoms with van der Waals surface area (Å²) in [4.78, 5) is 26.3. The Bertz CT molecular complexity index is 292. The van der Waals surface area contributed by atoms with Gasteiger partial charge in [-0.2, -0.15) is 0 Å². The Morgan fingerprint density at radius 2 is 1.67 bits per heavy atom. The monoisotopic (exact) mass is 254 g/mol. The fourth-order valence-electron chi connectivity index (χ4n) is 2.23. The first-order chi connectivity index (χ1) is 8.50. The molecule has 0 aromatic carbocycles. The van der Waals surface area contributed by atoms with Gasteiger partial charge in [0.05, 0.1) is 0 Å². The lowest BCUT2D eigenvalue weighted by atomic mass is 9.90. The number of nitrogens with one attached hydrogen (secondary N) is 1. The van der Waals surface area contributed by atoms with Gasteiger partial charge < -0.3 is 10.2 Å². The Balaban J connectivity index is 2.64. The predicted octanol–water partition coefficient (Wildman–Crippen LogP) is 1.94. The Morgan fingerprint density at radius 1 is 1.11 bits per heavy atom. The van der Waals surface area contributed by atoms with Crippen molar-refractivity contribution in [2.45, 2.75) is 52.9 Å². The van der Waals surface area contributed by atoms with Crippen LogP contribution in [0.25, 0.3) is 0 Å². The number of amides is 2. The first-order valence-corrected chi connectivity index (χ1v) is 7.07. The summed E-state index contributed by atoms with van der Waals surface area (Å²) in [5.74, 6) is -0.184. The number of hydrogen-bond acceptors (Lipinski definition) is 2. The van der Waals surface area contributed by atoms with Gasteiger partial charge in [-0.1, -0.05) is 19.8 Å². The largest absolute Gasteiger partial charge is 0.355 e. The number of hydrogen-bond donors (Lipinski definition) is 1. The van der Waals surface area contributed by atoms with Crippen LogP contribution < -0.4 is 5.32 Å². The summed E-state index contributed by atoms with van der Waals surface area (Å²) in [6, 6.07) is 0. The molecule has 1 heterocycles. The van der Waals surface area contributed by atoms with Crippen LogP contribution in [0.4, 0.5) is 0 Å². The second-order valence-electron chi connectivity index (χ2n) is 5.59. The number of nitrogens with zero attached hydrogens (tertiary/aromatic N) is 1. The Labute approximate surface area is 110 Å². The highest BCUT2D eigenvalue weighted by Crippen LogP contribution is 2.22. The van der Waals surface area contributed by atoms with Crippen LogP contribution in [0.3, 0.4) is 0 Å². The normalized spacial score (nSPS) is 17.2.